The fourth-order valence-electron chi connectivity index (χ4n) is 8.31. The number of aliphatic hydroxyl groups excluding tert-OH is 1. The van der Waals surface area contributed by atoms with Gasteiger partial charge >= 0.3 is 5.97 Å². The van der Waals surface area contributed by atoms with Gasteiger partial charge in [-0.15, -0.1) is 0 Å². The second-order valence-corrected chi connectivity index (χ2v) is 19.2. The second kappa shape index (κ2) is 33.1. The van der Waals surface area contributed by atoms with Crippen molar-refractivity contribution in [1.82, 2.24) is 26.6 Å². The fourth-order valence-corrected chi connectivity index (χ4v) is 8.31. The Morgan fingerprint density at radius 2 is 0.958 bits per heavy atom. The number of unbranched alkanes of at least 4 members (excludes halogenated alkanes) is 11. The highest BCUT2D eigenvalue weighted by molar-refractivity contribution is 5.95. The summed E-state index contributed by atoms with van der Waals surface area (Å²) in [7, 11) is 0. The number of aliphatic hydroxyl groups is 1. The highest BCUT2D eigenvalue weighted by atomic mass is 16.4. The summed E-state index contributed by atoms with van der Waals surface area (Å²) >= 11 is 0. The third kappa shape index (κ3) is 24.0. The molecule has 17 nitrogen and oxygen atoms in total. The highest BCUT2D eigenvalue weighted by Crippen LogP contribution is 2.20. The van der Waals surface area contributed by atoms with Gasteiger partial charge in [0.2, 0.25) is 41.4 Å². The van der Waals surface area contributed by atoms with Crippen LogP contribution in [0.3, 0.4) is 0 Å². The van der Waals surface area contributed by atoms with Crippen molar-refractivity contribution in [2.24, 2.45) is 17.4 Å². The van der Waals surface area contributed by atoms with Crippen LogP contribution in [0, 0.1) is 5.92 Å². The van der Waals surface area contributed by atoms with Crippen LogP contribution in [0.5, 0.6) is 0 Å². The molecule has 0 aliphatic rings. The summed E-state index contributed by atoms with van der Waals surface area (Å²) in [6.07, 6.45) is 10.6. The molecule has 0 heterocycles. The number of nitrogens with one attached hydrogen (secondary N) is 5. The van der Waals surface area contributed by atoms with E-state index in [4.69, 9.17) is 11.5 Å². The first-order valence-corrected chi connectivity index (χ1v) is 25.6. The van der Waals surface area contributed by atoms with E-state index in [-0.39, 0.29) is 43.9 Å². The molecule has 6 atom stereocenters. The van der Waals surface area contributed by atoms with Crippen LogP contribution in [0.2, 0.25) is 0 Å². The molecule has 0 saturated heterocycles. The molecule has 0 saturated carbocycles. The number of primary amides is 2. The molecule has 1 unspecified atom stereocenters. The van der Waals surface area contributed by atoms with E-state index in [2.05, 4.69) is 26.6 Å². The maximum absolute atomic E-state index is 13.5. The minimum atomic E-state index is -1.29. The van der Waals surface area contributed by atoms with E-state index in [9.17, 15) is 48.6 Å². The van der Waals surface area contributed by atoms with E-state index in [1.807, 2.05) is 98.8 Å². The topological polar surface area (TPSA) is 289 Å². The van der Waals surface area contributed by atoms with Crippen molar-refractivity contribution in [1.29, 1.82) is 0 Å². The lowest BCUT2D eigenvalue weighted by Gasteiger charge is -2.27. The Morgan fingerprint density at radius 1 is 0.500 bits per heavy atom. The molecule has 11 N–H and O–H groups in total. The SMILES string of the molecule is CC(C)C[C@H](NC(=O)[C@@H](NC(=O)CCCCCCCCCCCCCCC(=O)N[C@@H](CC(N)=O)C(=O)N[C@@H](CCc1ccccc1)C(=O)O)C(C)O)C(=O)N[C@@H](Cc1ccc(-c2ccccc2)cc1)C(N)=O. The molecule has 0 aromatic heterocycles. The van der Waals surface area contributed by atoms with Crippen LogP contribution in [0.15, 0.2) is 84.9 Å². The number of aliphatic carboxylic acids is 1. The molecule has 0 spiro atoms. The van der Waals surface area contributed by atoms with Crippen LogP contribution in [0.1, 0.15) is 141 Å². The van der Waals surface area contributed by atoms with Crippen molar-refractivity contribution >= 4 is 47.3 Å². The number of aryl methyl sites for hydroxylation is 1. The molecule has 0 aliphatic heterocycles. The Bertz CT molecular complexity index is 2150. The molecule has 72 heavy (non-hydrogen) atoms. The Labute approximate surface area is 424 Å². The number of rotatable bonds is 36. The molecule has 0 fully saturated rings. The quantitative estimate of drug-likeness (QED) is 0.0340. The van der Waals surface area contributed by atoms with E-state index < -0.39 is 84.1 Å². The Morgan fingerprint density at radius 3 is 1.44 bits per heavy atom. The van der Waals surface area contributed by atoms with Crippen LogP contribution in [0.25, 0.3) is 11.1 Å². The summed E-state index contributed by atoms with van der Waals surface area (Å²) in [5, 5.41) is 33.2. The standard InChI is InChI=1S/C55H79N7O10/c1-37(2)34-45(52(68)60-44(51(57)67)35-40-28-31-42(32-29-40)41-24-18-15-19-25-41)61-54(70)50(38(3)63)62-49(66)27-21-13-11-9-7-5-4-6-8-10-12-20-26-48(65)58-46(36-47(56)64)53(69)59-43(55(71)72)33-30-39-22-16-14-17-23-39/h14-19,22-25,28-29,31-32,37-38,43-46,50,63H,4-13,20-21,26-27,30,33-36H2,1-3H3,(H2,56,64)(H2,57,67)(H,58,65)(H,59,69)(H,60,68)(H,61,70)(H,62,66)(H,71,72)/t38?,43-,44-,45-,46-,50-/m0/s1. The van der Waals surface area contributed by atoms with Gasteiger partial charge < -0.3 is 48.3 Å². The predicted octanol–water partition coefficient (Wildman–Crippen LogP) is 5.29. The number of hydrogen-bond donors (Lipinski definition) is 9. The molecule has 0 aliphatic carbocycles. The zero-order valence-corrected chi connectivity index (χ0v) is 42.4. The summed E-state index contributed by atoms with van der Waals surface area (Å²) in [5.41, 5.74) is 14.8. The van der Waals surface area contributed by atoms with Crippen molar-refractivity contribution in [2.45, 2.75) is 179 Å². The van der Waals surface area contributed by atoms with Crippen molar-refractivity contribution < 1.29 is 48.6 Å². The molecular weight excluding hydrogens is 919 g/mol. The lowest BCUT2D eigenvalue weighted by atomic mass is 9.99. The van der Waals surface area contributed by atoms with Crippen molar-refractivity contribution in [3.8, 4) is 11.1 Å². The van der Waals surface area contributed by atoms with Gasteiger partial charge in [-0.1, -0.05) is 163 Å². The van der Waals surface area contributed by atoms with Gasteiger partial charge in [0.25, 0.3) is 0 Å². The second-order valence-electron chi connectivity index (χ2n) is 19.2. The number of amides is 7. The maximum Gasteiger partial charge on any atom is 0.326 e. The Balaban J connectivity index is 1.28. The van der Waals surface area contributed by atoms with E-state index >= 15 is 0 Å². The highest BCUT2D eigenvalue weighted by Gasteiger charge is 2.32. The summed E-state index contributed by atoms with van der Waals surface area (Å²) in [6, 6.07) is 20.8. The van der Waals surface area contributed by atoms with Crippen molar-refractivity contribution in [2.75, 3.05) is 0 Å². The third-order valence-corrected chi connectivity index (χ3v) is 12.4. The number of carbonyl (C=O) groups is 8. The summed E-state index contributed by atoms with van der Waals surface area (Å²) in [4.78, 5) is 101. The van der Waals surface area contributed by atoms with Crippen LogP contribution in [0.4, 0.5) is 0 Å². The van der Waals surface area contributed by atoms with Gasteiger partial charge in [0.05, 0.1) is 12.5 Å². The van der Waals surface area contributed by atoms with Gasteiger partial charge in [-0.3, -0.25) is 33.6 Å². The van der Waals surface area contributed by atoms with Gasteiger partial charge in [0.15, 0.2) is 0 Å². The first-order valence-electron chi connectivity index (χ1n) is 25.6. The van der Waals surface area contributed by atoms with Crippen LogP contribution in [-0.4, -0.2) is 93.8 Å². The normalized spacial score (nSPS) is 13.6. The number of hydrogen-bond acceptors (Lipinski definition) is 9. The van der Waals surface area contributed by atoms with E-state index in [1.165, 1.54) is 6.92 Å². The number of carboxylic acids is 1. The van der Waals surface area contributed by atoms with E-state index in [0.717, 1.165) is 86.5 Å². The van der Waals surface area contributed by atoms with Crippen LogP contribution in [-0.2, 0) is 51.2 Å². The largest absolute Gasteiger partial charge is 0.480 e. The first-order chi connectivity index (χ1) is 34.4. The Kier molecular flexibility index (Phi) is 27.4. The zero-order chi connectivity index (χ0) is 52.8. The van der Waals surface area contributed by atoms with Gasteiger partial charge in [-0.2, -0.15) is 0 Å². The fraction of sp³-hybridized carbons (Fsp3) is 0.527. The smallest absolute Gasteiger partial charge is 0.326 e. The van der Waals surface area contributed by atoms with Crippen LogP contribution < -0.4 is 38.1 Å². The molecule has 3 aromatic rings. The van der Waals surface area contributed by atoms with Crippen LogP contribution >= 0.6 is 0 Å². The summed E-state index contributed by atoms with van der Waals surface area (Å²) < 4.78 is 0. The average Bonchev–Trinajstić information content (AvgIpc) is 3.34. The zero-order valence-electron chi connectivity index (χ0n) is 42.4. The monoisotopic (exact) mass is 998 g/mol. The number of carbonyl (C=O) groups excluding carboxylic acids is 7. The Hall–Kier alpha value is -6.62. The number of nitrogens with two attached hydrogens (primary N) is 2. The van der Waals surface area contributed by atoms with Crippen molar-refractivity contribution in [3.05, 3.63) is 96.1 Å². The van der Waals surface area contributed by atoms with Gasteiger partial charge in [0, 0.05) is 19.3 Å². The molecule has 17 heteroatoms. The summed E-state index contributed by atoms with van der Waals surface area (Å²) in [5.74, 6) is -5.64. The minimum Gasteiger partial charge on any atom is -0.480 e. The molecule has 394 valence electrons. The average molecular weight is 998 g/mol. The minimum absolute atomic E-state index is 0.0215. The van der Waals surface area contributed by atoms with E-state index in [0.29, 0.717) is 19.3 Å². The molecular formula is C55H79N7O10. The maximum atomic E-state index is 13.5. The predicted molar refractivity (Wildman–Crippen MR) is 276 cm³/mol. The molecule has 3 rings (SSSR count). The lowest BCUT2D eigenvalue weighted by molar-refractivity contribution is -0.142. The molecule has 0 bridgehead atoms. The molecule has 3 aromatic carbocycles. The third-order valence-electron chi connectivity index (χ3n) is 12.4. The van der Waals surface area contributed by atoms with E-state index in [1.54, 1.807) is 0 Å². The number of benzene rings is 3. The van der Waals surface area contributed by atoms with Gasteiger partial charge in [0.1, 0.15) is 30.2 Å². The molecule has 0 radical (unpaired) electrons. The van der Waals surface area contributed by atoms with Crippen molar-refractivity contribution in [3.63, 3.8) is 0 Å². The number of carboxylic acid groups (broad SMARTS) is 1. The van der Waals surface area contributed by atoms with Gasteiger partial charge in [-0.05, 0) is 67.2 Å². The lowest BCUT2D eigenvalue weighted by Crippen LogP contribution is -2.59. The first kappa shape index (κ1) is 59.7. The summed E-state index contributed by atoms with van der Waals surface area (Å²) in [6.45, 7) is 5.16. The molecule has 7 amide bonds. The van der Waals surface area contributed by atoms with Gasteiger partial charge in [-0.25, -0.2) is 4.79 Å².